The van der Waals surface area contributed by atoms with Crippen LogP contribution in [0.3, 0.4) is 0 Å². The summed E-state index contributed by atoms with van der Waals surface area (Å²) in [7, 11) is 1.56. The molecule has 0 aliphatic heterocycles. The smallest absolute Gasteiger partial charge is 0.248 e. The fourth-order valence-corrected chi connectivity index (χ4v) is 1.48. The second-order valence-corrected chi connectivity index (χ2v) is 4.40. The van der Waals surface area contributed by atoms with Crippen molar-refractivity contribution < 1.29 is 9.53 Å². The molecule has 0 aromatic heterocycles. The molecule has 3 nitrogen and oxygen atoms in total. The fraction of sp³-hybridized carbons (Fsp3) is 0.438. The van der Waals surface area contributed by atoms with Gasteiger partial charge in [0, 0.05) is 5.57 Å². The van der Waals surface area contributed by atoms with Crippen molar-refractivity contribution in [1.29, 1.82) is 0 Å². The first kappa shape index (κ1) is 17.2. The SMILES string of the molecule is C=C(\C=C/C(=C\C(C)CC)C(=C\CC)/C(N)=O)OC. The van der Waals surface area contributed by atoms with Gasteiger partial charge in [0.15, 0.2) is 0 Å². The molecule has 1 atom stereocenters. The predicted molar refractivity (Wildman–Crippen MR) is 80.4 cm³/mol. The molecule has 1 amide bonds. The fourth-order valence-electron chi connectivity index (χ4n) is 1.48. The lowest BCUT2D eigenvalue weighted by Crippen LogP contribution is -2.15. The molecule has 0 aromatic rings. The number of carbonyl (C=O) groups is 1. The summed E-state index contributed by atoms with van der Waals surface area (Å²) in [6, 6.07) is 0. The maximum Gasteiger partial charge on any atom is 0.248 e. The molecule has 106 valence electrons. The lowest BCUT2D eigenvalue weighted by molar-refractivity contribution is -0.114. The second-order valence-electron chi connectivity index (χ2n) is 4.40. The summed E-state index contributed by atoms with van der Waals surface area (Å²) < 4.78 is 4.99. The molecule has 0 aliphatic carbocycles. The van der Waals surface area contributed by atoms with Crippen LogP contribution >= 0.6 is 0 Å². The molecule has 3 heteroatoms. The average Bonchev–Trinajstić information content (AvgIpc) is 2.39. The van der Waals surface area contributed by atoms with Crippen LogP contribution in [0.4, 0.5) is 0 Å². The Labute approximate surface area is 116 Å². The number of methoxy groups -OCH3 is 1. The van der Waals surface area contributed by atoms with E-state index in [0.717, 1.165) is 18.4 Å². The Hall–Kier alpha value is -1.77. The second kappa shape index (κ2) is 9.20. The highest BCUT2D eigenvalue weighted by atomic mass is 16.5. The van der Waals surface area contributed by atoms with Crippen LogP contribution in [0.15, 0.2) is 47.8 Å². The van der Waals surface area contributed by atoms with Crippen molar-refractivity contribution >= 4 is 5.91 Å². The van der Waals surface area contributed by atoms with Crippen LogP contribution < -0.4 is 5.73 Å². The van der Waals surface area contributed by atoms with Crippen LogP contribution in [-0.4, -0.2) is 13.0 Å². The highest BCUT2D eigenvalue weighted by molar-refractivity contribution is 5.97. The Morgan fingerprint density at radius 1 is 1.37 bits per heavy atom. The van der Waals surface area contributed by atoms with E-state index in [-0.39, 0.29) is 0 Å². The summed E-state index contributed by atoms with van der Waals surface area (Å²) in [6.45, 7) is 9.90. The van der Waals surface area contributed by atoms with E-state index in [1.807, 2.05) is 25.2 Å². The Morgan fingerprint density at radius 2 is 2.00 bits per heavy atom. The lowest BCUT2D eigenvalue weighted by atomic mass is 9.97. The molecule has 0 bridgehead atoms. The van der Waals surface area contributed by atoms with Crippen LogP contribution in [-0.2, 0) is 9.53 Å². The zero-order valence-electron chi connectivity index (χ0n) is 12.4. The van der Waals surface area contributed by atoms with E-state index < -0.39 is 5.91 Å². The minimum atomic E-state index is -0.413. The van der Waals surface area contributed by atoms with Crippen LogP contribution in [0, 0.1) is 5.92 Å². The van der Waals surface area contributed by atoms with Crippen molar-refractivity contribution in [3.63, 3.8) is 0 Å². The average molecular weight is 263 g/mol. The van der Waals surface area contributed by atoms with Crippen molar-refractivity contribution in [3.05, 3.63) is 47.8 Å². The van der Waals surface area contributed by atoms with Gasteiger partial charge in [-0.25, -0.2) is 0 Å². The Morgan fingerprint density at radius 3 is 2.42 bits per heavy atom. The Balaban J connectivity index is 5.44. The summed E-state index contributed by atoms with van der Waals surface area (Å²) in [6.07, 6.45) is 9.21. The summed E-state index contributed by atoms with van der Waals surface area (Å²) in [5.41, 5.74) is 6.81. The third-order valence-corrected chi connectivity index (χ3v) is 2.80. The molecule has 2 N–H and O–H groups in total. The number of amides is 1. The first-order valence-electron chi connectivity index (χ1n) is 6.59. The van der Waals surface area contributed by atoms with Crippen LogP contribution in [0.1, 0.15) is 33.6 Å². The molecule has 0 aliphatic rings. The standard InChI is InChI=1S/C16H25NO2/c1-6-8-15(16(17)18)14(11-12(3)7-2)10-9-13(4)19-5/h8-12H,4,6-7H2,1-3,5H3,(H2,17,18)/b10-9-,14-11+,15-8+. The molecule has 0 fully saturated rings. The van der Waals surface area contributed by atoms with Gasteiger partial charge in [0.25, 0.3) is 0 Å². The summed E-state index contributed by atoms with van der Waals surface area (Å²) in [5, 5.41) is 0. The van der Waals surface area contributed by atoms with E-state index >= 15 is 0 Å². The van der Waals surface area contributed by atoms with Crippen molar-refractivity contribution in [2.24, 2.45) is 11.7 Å². The highest BCUT2D eigenvalue weighted by Gasteiger charge is 2.09. The van der Waals surface area contributed by atoms with E-state index in [2.05, 4.69) is 20.4 Å². The summed E-state index contributed by atoms with van der Waals surface area (Å²) in [5.74, 6) is 0.495. The van der Waals surface area contributed by atoms with Crippen molar-refractivity contribution in [1.82, 2.24) is 0 Å². The zero-order chi connectivity index (χ0) is 14.8. The third kappa shape index (κ3) is 6.65. The van der Waals surface area contributed by atoms with Crippen molar-refractivity contribution in [3.8, 4) is 0 Å². The van der Waals surface area contributed by atoms with Gasteiger partial charge in [0.1, 0.15) is 5.76 Å². The Kier molecular flexibility index (Phi) is 8.34. The van der Waals surface area contributed by atoms with Crippen LogP contribution in [0.5, 0.6) is 0 Å². The van der Waals surface area contributed by atoms with E-state index in [1.54, 1.807) is 13.2 Å². The van der Waals surface area contributed by atoms with E-state index in [1.165, 1.54) is 0 Å². The number of allylic oxidation sites excluding steroid dienone is 4. The Bertz CT molecular complexity index is 403. The van der Waals surface area contributed by atoms with E-state index in [4.69, 9.17) is 10.5 Å². The van der Waals surface area contributed by atoms with Gasteiger partial charge < -0.3 is 10.5 Å². The molecular weight excluding hydrogens is 238 g/mol. The predicted octanol–water partition coefficient (Wildman–Crippen LogP) is 3.50. The summed E-state index contributed by atoms with van der Waals surface area (Å²) in [4.78, 5) is 11.5. The van der Waals surface area contributed by atoms with Gasteiger partial charge in [-0.1, -0.05) is 52.0 Å². The number of carbonyl (C=O) groups excluding carboxylic acids is 1. The van der Waals surface area contributed by atoms with Gasteiger partial charge in [0.2, 0.25) is 5.91 Å². The van der Waals surface area contributed by atoms with Gasteiger partial charge in [-0.2, -0.15) is 0 Å². The first-order valence-corrected chi connectivity index (χ1v) is 6.59. The summed E-state index contributed by atoms with van der Waals surface area (Å²) >= 11 is 0. The maximum atomic E-state index is 11.5. The molecule has 0 saturated heterocycles. The highest BCUT2D eigenvalue weighted by Crippen LogP contribution is 2.18. The normalized spacial score (nSPS) is 14.5. The number of rotatable bonds is 8. The van der Waals surface area contributed by atoms with Gasteiger partial charge in [-0.15, -0.1) is 0 Å². The van der Waals surface area contributed by atoms with Crippen molar-refractivity contribution in [2.75, 3.05) is 7.11 Å². The lowest BCUT2D eigenvalue weighted by Gasteiger charge is -2.09. The molecule has 19 heavy (non-hydrogen) atoms. The first-order chi connectivity index (χ1) is 8.96. The molecule has 0 radical (unpaired) electrons. The third-order valence-electron chi connectivity index (χ3n) is 2.80. The molecule has 0 aromatic carbocycles. The van der Waals surface area contributed by atoms with Gasteiger partial charge in [-0.05, 0) is 24.0 Å². The number of ether oxygens (including phenoxy) is 1. The van der Waals surface area contributed by atoms with Gasteiger partial charge >= 0.3 is 0 Å². The van der Waals surface area contributed by atoms with E-state index in [9.17, 15) is 4.79 Å². The number of hydrogen-bond acceptors (Lipinski definition) is 2. The molecule has 1 unspecified atom stereocenters. The number of hydrogen-bond donors (Lipinski definition) is 1. The topological polar surface area (TPSA) is 52.3 Å². The quantitative estimate of drug-likeness (QED) is 0.414. The molecular formula is C16H25NO2. The number of nitrogens with two attached hydrogens (primary N) is 1. The minimum absolute atomic E-state index is 0.370. The molecule has 0 saturated carbocycles. The van der Waals surface area contributed by atoms with Crippen LogP contribution in [0.2, 0.25) is 0 Å². The largest absolute Gasteiger partial charge is 0.497 e. The van der Waals surface area contributed by atoms with Crippen molar-refractivity contribution in [2.45, 2.75) is 33.6 Å². The van der Waals surface area contributed by atoms with Gasteiger partial charge in [0.05, 0.1) is 7.11 Å². The monoisotopic (exact) mass is 263 g/mol. The minimum Gasteiger partial charge on any atom is -0.497 e. The molecule has 0 spiro atoms. The number of primary amides is 1. The van der Waals surface area contributed by atoms with E-state index in [0.29, 0.717) is 17.3 Å². The maximum absolute atomic E-state index is 11.5. The zero-order valence-corrected chi connectivity index (χ0v) is 12.4. The molecule has 0 heterocycles. The van der Waals surface area contributed by atoms with Gasteiger partial charge in [-0.3, -0.25) is 4.79 Å². The van der Waals surface area contributed by atoms with Crippen LogP contribution in [0.25, 0.3) is 0 Å². The molecule has 0 rings (SSSR count).